The number of likely N-dealkylation sites (N-methyl/N-ethyl adjacent to an activating group) is 1. The zero-order chi connectivity index (χ0) is 38.8. The third-order valence-electron chi connectivity index (χ3n) is 12.1. The summed E-state index contributed by atoms with van der Waals surface area (Å²) >= 11 is 0. The van der Waals surface area contributed by atoms with Crippen molar-refractivity contribution >= 4 is 23.6 Å². The number of nitrogens with one attached hydrogen (secondary N) is 3. The van der Waals surface area contributed by atoms with E-state index >= 15 is 0 Å². The van der Waals surface area contributed by atoms with E-state index in [0.717, 1.165) is 28.8 Å². The highest BCUT2D eigenvalue weighted by molar-refractivity contribution is 5.97. The number of benzene rings is 2. The highest BCUT2D eigenvalue weighted by atomic mass is 16.7. The van der Waals surface area contributed by atoms with Gasteiger partial charge in [-0.15, -0.1) is 0 Å². The van der Waals surface area contributed by atoms with Gasteiger partial charge in [-0.1, -0.05) is 39.0 Å². The van der Waals surface area contributed by atoms with E-state index in [2.05, 4.69) is 36.7 Å². The fourth-order valence-corrected chi connectivity index (χ4v) is 8.83. The van der Waals surface area contributed by atoms with Crippen molar-refractivity contribution in [1.29, 1.82) is 0 Å². The number of hydroxylamine groups is 2. The molecule has 5 N–H and O–H groups in total. The molecule has 292 valence electrons. The van der Waals surface area contributed by atoms with Crippen LogP contribution in [0.25, 0.3) is 11.1 Å². The predicted octanol–water partition coefficient (Wildman–Crippen LogP) is 3.71. The molecular formula is C40H61N7O6. The van der Waals surface area contributed by atoms with E-state index in [1.807, 2.05) is 74.4 Å². The van der Waals surface area contributed by atoms with E-state index in [0.29, 0.717) is 42.2 Å². The molecule has 13 heteroatoms. The Hall–Kier alpha value is -3.91. The first-order valence-corrected chi connectivity index (χ1v) is 18.8. The normalized spacial score (nSPS) is 26.7. The van der Waals surface area contributed by atoms with Crippen LogP contribution in [0.5, 0.6) is 5.75 Å². The molecule has 1 aliphatic heterocycles. The van der Waals surface area contributed by atoms with Crippen LogP contribution in [0.1, 0.15) is 56.5 Å². The molecule has 2 aromatic carbocycles. The summed E-state index contributed by atoms with van der Waals surface area (Å²) < 4.78 is 12.0. The first kappa shape index (κ1) is 40.3. The molecule has 3 saturated carbocycles. The van der Waals surface area contributed by atoms with Crippen molar-refractivity contribution in [3.8, 4) is 16.9 Å². The van der Waals surface area contributed by atoms with Gasteiger partial charge in [0, 0.05) is 69.2 Å². The first-order chi connectivity index (χ1) is 25.1. The summed E-state index contributed by atoms with van der Waals surface area (Å²) in [6, 6.07) is 10.7. The number of nitrogens with two attached hydrogens (primary N) is 1. The highest BCUT2D eigenvalue weighted by Gasteiger charge is 2.57. The Morgan fingerprint density at radius 1 is 1.11 bits per heavy atom. The Balaban J connectivity index is 1.47. The summed E-state index contributed by atoms with van der Waals surface area (Å²) in [5.41, 5.74) is 10.3. The Morgan fingerprint density at radius 3 is 2.45 bits per heavy atom. The van der Waals surface area contributed by atoms with Crippen molar-refractivity contribution in [3.05, 3.63) is 47.5 Å². The summed E-state index contributed by atoms with van der Waals surface area (Å²) in [4.78, 5) is 50.7. The Kier molecular flexibility index (Phi) is 12.6. The number of alkyl carbamates (subject to hydrolysis) is 1. The second-order valence-electron chi connectivity index (χ2n) is 16.1. The summed E-state index contributed by atoms with van der Waals surface area (Å²) in [6.45, 7) is 10.1. The van der Waals surface area contributed by atoms with Crippen LogP contribution in [-0.4, -0.2) is 114 Å². The molecule has 2 bridgehead atoms. The fraction of sp³-hybridized carbons (Fsp3) is 0.625. The topological polar surface area (TPSA) is 151 Å². The van der Waals surface area contributed by atoms with Crippen molar-refractivity contribution in [3.63, 3.8) is 0 Å². The second kappa shape index (κ2) is 16.6. The fourth-order valence-electron chi connectivity index (χ4n) is 8.83. The Labute approximate surface area is 315 Å². The maximum absolute atomic E-state index is 14.6. The van der Waals surface area contributed by atoms with Crippen molar-refractivity contribution in [2.24, 2.45) is 34.8 Å². The maximum Gasteiger partial charge on any atom is 0.407 e. The van der Waals surface area contributed by atoms with Gasteiger partial charge in [-0.3, -0.25) is 14.4 Å². The van der Waals surface area contributed by atoms with Crippen LogP contribution in [0.15, 0.2) is 36.4 Å². The van der Waals surface area contributed by atoms with Gasteiger partial charge < -0.3 is 41.0 Å². The zero-order valence-corrected chi connectivity index (χ0v) is 33.2. The number of amides is 3. The van der Waals surface area contributed by atoms with Crippen LogP contribution in [0, 0.1) is 29.1 Å². The van der Waals surface area contributed by atoms with Crippen molar-refractivity contribution < 1.29 is 28.7 Å². The lowest BCUT2D eigenvalue weighted by Crippen LogP contribution is -2.62. The number of hydrogen-bond donors (Lipinski definition) is 4. The van der Waals surface area contributed by atoms with Gasteiger partial charge in [-0.05, 0) is 80.8 Å². The lowest BCUT2D eigenvalue weighted by molar-refractivity contribution is -0.175. The van der Waals surface area contributed by atoms with E-state index in [-0.39, 0.29) is 36.4 Å². The number of rotatable bonds is 14. The van der Waals surface area contributed by atoms with Crippen LogP contribution in [-0.2, 0) is 20.9 Å². The molecule has 8 atom stereocenters. The van der Waals surface area contributed by atoms with Crippen molar-refractivity contribution in [2.45, 2.75) is 71.4 Å². The molecule has 0 spiro atoms. The average Bonchev–Trinajstić information content (AvgIpc) is 3.49. The van der Waals surface area contributed by atoms with Crippen LogP contribution < -0.4 is 31.3 Å². The minimum atomic E-state index is -0.808. The van der Waals surface area contributed by atoms with Crippen molar-refractivity contribution in [1.82, 2.24) is 25.9 Å². The summed E-state index contributed by atoms with van der Waals surface area (Å²) in [5.74, 6) is 1.11. The van der Waals surface area contributed by atoms with E-state index in [9.17, 15) is 14.4 Å². The second-order valence-corrected chi connectivity index (χ2v) is 16.1. The number of carbonyl (C=O) groups excluding carboxylic acids is 3. The highest BCUT2D eigenvalue weighted by Crippen LogP contribution is 2.61. The number of ether oxygens (including phenoxy) is 2. The van der Waals surface area contributed by atoms with Gasteiger partial charge in [0.1, 0.15) is 17.9 Å². The smallest absolute Gasteiger partial charge is 0.407 e. The molecular weight excluding hydrogens is 674 g/mol. The molecule has 2 aromatic rings. The zero-order valence-electron chi connectivity index (χ0n) is 33.2. The first-order valence-electron chi connectivity index (χ1n) is 18.8. The number of fused-ring (bicyclic) bond motifs is 2. The number of methoxy groups -OCH3 is 1. The van der Waals surface area contributed by atoms with Gasteiger partial charge in [0.25, 0.3) is 5.91 Å². The number of anilines is 1. The third-order valence-corrected chi connectivity index (χ3v) is 12.1. The van der Waals surface area contributed by atoms with E-state index in [1.165, 1.54) is 6.42 Å². The lowest BCUT2D eigenvalue weighted by Gasteiger charge is -2.62. The molecule has 3 amide bonds. The molecule has 1 saturated heterocycles. The largest absolute Gasteiger partial charge is 0.496 e. The van der Waals surface area contributed by atoms with Gasteiger partial charge in [-0.25, -0.2) is 4.79 Å². The van der Waals surface area contributed by atoms with Crippen molar-refractivity contribution in [2.75, 3.05) is 66.9 Å². The molecule has 0 aromatic heterocycles. The van der Waals surface area contributed by atoms with Gasteiger partial charge in [0.15, 0.2) is 0 Å². The predicted molar refractivity (Wildman–Crippen MR) is 206 cm³/mol. The lowest BCUT2D eigenvalue weighted by atomic mass is 9.45. The third kappa shape index (κ3) is 8.43. The number of carbonyl (C=O) groups is 3. The Bertz CT molecular complexity index is 1630. The number of para-hydroxylation sites is 1. The summed E-state index contributed by atoms with van der Waals surface area (Å²) in [6.07, 6.45) is 0.289. The monoisotopic (exact) mass is 735 g/mol. The standard InChI is InChI=1S/C40H61N7O6/c1-23-31-19-28(40(31,3)4)20-32(23)44-38(49)35-34(24(2)52-39(50)43-14-15-45(6)7)33(21-41)53-47(35)22-25-12-11-13-30(36(25)51-10)26-16-27(37(48)42-5)18-29(17-26)46(8)9/h11-13,16-18,23-24,28,31-35H,14-15,19-22,41H2,1-10H3,(H,42,48)(H,43,50)(H,44,49)/t23-,24-,28+,31-,32-,33-,34+,35-/m0/s1. The van der Waals surface area contributed by atoms with Gasteiger partial charge >= 0.3 is 6.09 Å². The van der Waals surface area contributed by atoms with Gasteiger partial charge in [0.05, 0.1) is 25.7 Å². The molecule has 4 aliphatic rings. The molecule has 1 heterocycles. The minimum Gasteiger partial charge on any atom is -0.496 e. The average molecular weight is 736 g/mol. The number of nitrogens with zero attached hydrogens (tertiary/aromatic N) is 3. The number of hydrogen-bond acceptors (Lipinski definition) is 10. The maximum atomic E-state index is 14.6. The SMILES string of the molecule is CNC(=O)c1cc(-c2cccc(CN3O[C@@H](CN)[C@@H]([C@H](C)OC(=O)NCCN(C)C)[C@H]3C(=O)N[C@H]3C[C@H]4C[C@@H]([C@@H]3C)C4(C)C)c2OC)cc(N(C)C)c1. The summed E-state index contributed by atoms with van der Waals surface area (Å²) in [5, 5.41) is 10.6. The van der Waals surface area contributed by atoms with Crippen LogP contribution in [0.4, 0.5) is 10.5 Å². The van der Waals surface area contributed by atoms with Crippen LogP contribution >= 0.6 is 0 Å². The molecule has 6 rings (SSSR count). The molecule has 4 fully saturated rings. The quantitative estimate of drug-likeness (QED) is 0.226. The molecule has 3 aliphatic carbocycles. The van der Waals surface area contributed by atoms with Gasteiger partial charge in [0.2, 0.25) is 5.91 Å². The molecule has 0 radical (unpaired) electrons. The van der Waals surface area contributed by atoms with Crippen LogP contribution in [0.2, 0.25) is 0 Å². The van der Waals surface area contributed by atoms with E-state index < -0.39 is 30.3 Å². The molecule has 53 heavy (non-hydrogen) atoms. The van der Waals surface area contributed by atoms with E-state index in [4.69, 9.17) is 20.0 Å². The molecule has 0 unspecified atom stereocenters. The Morgan fingerprint density at radius 2 is 1.85 bits per heavy atom. The minimum absolute atomic E-state index is 0.0283. The molecule has 13 nitrogen and oxygen atoms in total. The summed E-state index contributed by atoms with van der Waals surface area (Å²) in [7, 11) is 10.9. The van der Waals surface area contributed by atoms with Crippen LogP contribution in [0.3, 0.4) is 0 Å². The van der Waals surface area contributed by atoms with E-state index in [1.54, 1.807) is 26.1 Å². The van der Waals surface area contributed by atoms with Gasteiger partial charge in [-0.2, -0.15) is 5.06 Å².